The summed E-state index contributed by atoms with van der Waals surface area (Å²) in [5.74, 6) is 2.11. The summed E-state index contributed by atoms with van der Waals surface area (Å²) >= 11 is 0. The van der Waals surface area contributed by atoms with Gasteiger partial charge in [-0.25, -0.2) is 0 Å². The van der Waals surface area contributed by atoms with E-state index in [9.17, 15) is 9.59 Å². The Kier molecular flexibility index (Phi) is 12.3. The van der Waals surface area contributed by atoms with E-state index < -0.39 is 0 Å². The molecule has 0 heterocycles. The predicted molar refractivity (Wildman–Crippen MR) is 116 cm³/mol. The maximum absolute atomic E-state index is 11.8. The molecule has 0 aromatic carbocycles. The van der Waals surface area contributed by atoms with Crippen molar-refractivity contribution in [2.24, 2.45) is 11.8 Å². The van der Waals surface area contributed by atoms with Crippen LogP contribution in [-0.2, 0) is 9.59 Å². The lowest BCUT2D eigenvalue weighted by Crippen LogP contribution is -2.24. The number of nitrogens with one attached hydrogen (secondary N) is 2. The molecule has 2 saturated carbocycles. The van der Waals surface area contributed by atoms with Crippen molar-refractivity contribution in [2.75, 3.05) is 13.1 Å². The highest BCUT2D eigenvalue weighted by atomic mass is 16.2. The summed E-state index contributed by atoms with van der Waals surface area (Å²) in [6, 6.07) is 0. The van der Waals surface area contributed by atoms with Crippen LogP contribution in [0.25, 0.3) is 0 Å². The van der Waals surface area contributed by atoms with Gasteiger partial charge in [0.15, 0.2) is 0 Å². The van der Waals surface area contributed by atoms with Crippen molar-refractivity contribution in [3.63, 3.8) is 0 Å². The number of unbranched alkanes of at least 4 members (excludes halogenated alkanes) is 5. The molecular weight excluding hydrogens is 348 g/mol. The van der Waals surface area contributed by atoms with E-state index in [4.69, 9.17) is 0 Å². The Hall–Kier alpha value is -1.06. The Balaban J connectivity index is 1.28. The highest BCUT2D eigenvalue weighted by molar-refractivity contribution is 5.76. The van der Waals surface area contributed by atoms with Crippen molar-refractivity contribution in [3.8, 4) is 0 Å². The molecule has 0 aromatic rings. The zero-order valence-corrected chi connectivity index (χ0v) is 18.1. The van der Waals surface area contributed by atoms with E-state index in [1.807, 2.05) is 0 Å². The summed E-state index contributed by atoms with van der Waals surface area (Å²) in [6.45, 7) is 1.67. The van der Waals surface area contributed by atoms with Crippen molar-refractivity contribution in [3.05, 3.63) is 0 Å². The molecule has 0 radical (unpaired) electrons. The lowest BCUT2D eigenvalue weighted by atomic mass is 10.0. The van der Waals surface area contributed by atoms with E-state index in [0.29, 0.717) is 0 Å². The van der Waals surface area contributed by atoms with Crippen molar-refractivity contribution >= 4 is 11.8 Å². The first-order valence-corrected chi connectivity index (χ1v) is 12.3. The van der Waals surface area contributed by atoms with Crippen LogP contribution in [0.4, 0.5) is 0 Å². The van der Waals surface area contributed by atoms with Crippen LogP contribution in [-0.4, -0.2) is 24.9 Å². The Morgan fingerprint density at radius 2 is 0.929 bits per heavy atom. The molecule has 2 rings (SSSR count). The normalized spacial score (nSPS) is 17.9. The summed E-state index contributed by atoms with van der Waals surface area (Å²) in [6.07, 6.45) is 21.4. The molecule has 2 fully saturated rings. The van der Waals surface area contributed by atoms with Gasteiger partial charge < -0.3 is 10.6 Å². The molecule has 0 saturated heterocycles. The largest absolute Gasteiger partial charge is 0.356 e. The average molecular weight is 393 g/mol. The second-order valence-electron chi connectivity index (χ2n) is 9.20. The molecule has 28 heavy (non-hydrogen) atoms. The van der Waals surface area contributed by atoms with Gasteiger partial charge in [-0.1, -0.05) is 77.0 Å². The first kappa shape index (κ1) is 23.2. The molecule has 4 heteroatoms. The lowest BCUT2D eigenvalue weighted by Gasteiger charge is -2.09. The highest BCUT2D eigenvalue weighted by Crippen LogP contribution is 2.29. The first-order chi connectivity index (χ1) is 13.7. The van der Waals surface area contributed by atoms with Gasteiger partial charge in [0.2, 0.25) is 11.8 Å². The molecular formula is C24H44N2O2. The van der Waals surface area contributed by atoms with Crippen LogP contribution < -0.4 is 10.6 Å². The topological polar surface area (TPSA) is 58.2 Å². The van der Waals surface area contributed by atoms with Crippen LogP contribution in [0.5, 0.6) is 0 Å². The Bertz CT molecular complexity index is 386. The van der Waals surface area contributed by atoms with Gasteiger partial charge >= 0.3 is 0 Å². The average Bonchev–Trinajstić information content (AvgIpc) is 3.40. The third-order valence-corrected chi connectivity index (χ3v) is 6.76. The van der Waals surface area contributed by atoms with Crippen molar-refractivity contribution in [1.29, 1.82) is 0 Å². The number of hydrogen-bond donors (Lipinski definition) is 2. The molecule has 2 N–H and O–H groups in total. The zero-order valence-electron chi connectivity index (χ0n) is 18.1. The van der Waals surface area contributed by atoms with Gasteiger partial charge in [-0.3, -0.25) is 9.59 Å². The van der Waals surface area contributed by atoms with Gasteiger partial charge in [0.05, 0.1) is 0 Å². The summed E-state index contributed by atoms with van der Waals surface area (Å²) in [5.41, 5.74) is 0. The van der Waals surface area contributed by atoms with E-state index in [0.717, 1.165) is 63.5 Å². The van der Waals surface area contributed by atoms with E-state index in [-0.39, 0.29) is 11.8 Å². The Labute approximate surface area is 173 Å². The van der Waals surface area contributed by atoms with Crippen molar-refractivity contribution in [2.45, 2.75) is 116 Å². The number of carbonyl (C=O) groups is 2. The molecule has 0 atom stereocenters. The molecule has 2 amide bonds. The van der Waals surface area contributed by atoms with Gasteiger partial charge in [0, 0.05) is 25.9 Å². The van der Waals surface area contributed by atoms with E-state index in [1.54, 1.807) is 0 Å². The molecule has 0 aliphatic heterocycles. The number of amides is 2. The van der Waals surface area contributed by atoms with Gasteiger partial charge in [-0.15, -0.1) is 0 Å². The predicted octanol–water partition coefficient (Wildman–Crippen LogP) is 5.50. The van der Waals surface area contributed by atoms with E-state index in [1.165, 1.54) is 77.0 Å². The van der Waals surface area contributed by atoms with E-state index in [2.05, 4.69) is 10.6 Å². The Morgan fingerprint density at radius 3 is 1.32 bits per heavy atom. The zero-order chi connectivity index (χ0) is 19.9. The van der Waals surface area contributed by atoms with Crippen LogP contribution in [0, 0.1) is 11.8 Å². The maximum atomic E-state index is 11.8. The monoisotopic (exact) mass is 392 g/mol. The van der Waals surface area contributed by atoms with Crippen LogP contribution in [0.15, 0.2) is 0 Å². The second-order valence-corrected chi connectivity index (χ2v) is 9.20. The molecule has 0 unspecified atom stereocenters. The molecule has 4 nitrogen and oxygen atoms in total. The van der Waals surface area contributed by atoms with Gasteiger partial charge in [0.25, 0.3) is 0 Å². The Morgan fingerprint density at radius 1 is 0.571 bits per heavy atom. The summed E-state index contributed by atoms with van der Waals surface area (Å²) in [7, 11) is 0. The highest BCUT2D eigenvalue weighted by Gasteiger charge is 2.16. The number of carbonyl (C=O) groups excluding carboxylic acids is 2. The van der Waals surface area contributed by atoms with Gasteiger partial charge in [-0.2, -0.15) is 0 Å². The minimum atomic E-state index is 0.246. The fourth-order valence-corrected chi connectivity index (χ4v) is 4.86. The molecule has 2 aliphatic rings. The fraction of sp³-hybridized carbons (Fsp3) is 0.917. The first-order valence-electron chi connectivity index (χ1n) is 12.3. The summed E-state index contributed by atoms with van der Waals surface area (Å²) in [4.78, 5) is 23.7. The minimum Gasteiger partial charge on any atom is -0.356 e. The molecule has 0 spiro atoms. The quantitative estimate of drug-likeness (QED) is 0.362. The minimum absolute atomic E-state index is 0.246. The van der Waals surface area contributed by atoms with Crippen LogP contribution in [0.3, 0.4) is 0 Å². The van der Waals surface area contributed by atoms with Crippen LogP contribution >= 0.6 is 0 Å². The third-order valence-electron chi connectivity index (χ3n) is 6.76. The van der Waals surface area contributed by atoms with Crippen LogP contribution in [0.2, 0.25) is 0 Å². The smallest absolute Gasteiger partial charge is 0.220 e. The molecule has 0 bridgehead atoms. The summed E-state index contributed by atoms with van der Waals surface area (Å²) < 4.78 is 0. The van der Waals surface area contributed by atoms with Gasteiger partial charge in [-0.05, 0) is 37.5 Å². The van der Waals surface area contributed by atoms with Crippen LogP contribution in [0.1, 0.15) is 116 Å². The molecule has 2 aliphatic carbocycles. The number of hydrogen-bond acceptors (Lipinski definition) is 2. The lowest BCUT2D eigenvalue weighted by molar-refractivity contribution is -0.122. The SMILES string of the molecule is O=C(CCC1CCCC1)NCCCCCCCCNC(=O)CCC1CCCC1. The third kappa shape index (κ3) is 11.1. The maximum Gasteiger partial charge on any atom is 0.220 e. The fourth-order valence-electron chi connectivity index (χ4n) is 4.86. The molecule has 162 valence electrons. The van der Waals surface area contributed by atoms with Crippen molar-refractivity contribution in [1.82, 2.24) is 10.6 Å². The van der Waals surface area contributed by atoms with E-state index >= 15 is 0 Å². The molecule has 0 aromatic heterocycles. The van der Waals surface area contributed by atoms with Gasteiger partial charge in [0.1, 0.15) is 0 Å². The van der Waals surface area contributed by atoms with Crippen molar-refractivity contribution < 1.29 is 9.59 Å². The summed E-state index contributed by atoms with van der Waals surface area (Å²) in [5, 5.41) is 6.15. The standard InChI is InChI=1S/C24H44N2O2/c27-23(17-15-21-11-5-6-12-21)25-19-9-3-1-2-4-10-20-26-24(28)18-16-22-13-7-8-14-22/h21-22H,1-20H2,(H,25,27)(H,26,28). The number of rotatable bonds is 15. The second kappa shape index (κ2) is 14.9.